The fourth-order valence-corrected chi connectivity index (χ4v) is 4.05. The molecular weight excluding hydrogens is 368 g/mol. The summed E-state index contributed by atoms with van der Waals surface area (Å²) < 4.78 is 31.6. The first-order valence-electron chi connectivity index (χ1n) is 8.03. The Labute approximate surface area is 156 Å². The Morgan fingerprint density at radius 1 is 1.15 bits per heavy atom. The number of aromatic hydroxyl groups is 1. The molecule has 0 bridgehead atoms. The number of ether oxygens (including phenoxy) is 1. The number of ketones is 1. The van der Waals surface area contributed by atoms with Crippen molar-refractivity contribution in [2.45, 2.75) is 18.7 Å². The van der Waals surface area contributed by atoms with Crippen molar-refractivity contribution in [2.24, 2.45) is 0 Å². The lowest BCUT2D eigenvalue weighted by Crippen LogP contribution is -2.15. The van der Waals surface area contributed by atoms with E-state index in [1.807, 2.05) is 6.07 Å². The minimum absolute atomic E-state index is 0.00182. The van der Waals surface area contributed by atoms with Crippen LogP contribution in [-0.2, 0) is 10.0 Å². The van der Waals surface area contributed by atoms with Crippen LogP contribution < -0.4 is 4.74 Å². The van der Waals surface area contributed by atoms with E-state index in [4.69, 9.17) is 4.74 Å². The van der Waals surface area contributed by atoms with Gasteiger partial charge >= 0.3 is 0 Å². The van der Waals surface area contributed by atoms with Gasteiger partial charge in [0.05, 0.1) is 35.5 Å². The molecule has 0 atom stereocenters. The molecule has 0 amide bonds. The Bertz CT molecular complexity index is 1130. The number of hydrogen-bond acceptors (Lipinski definition) is 6. The predicted octanol–water partition coefficient (Wildman–Crippen LogP) is 2.68. The van der Waals surface area contributed by atoms with E-state index in [0.717, 1.165) is 22.0 Å². The highest BCUT2D eigenvalue weighted by molar-refractivity contribution is 7.89. The summed E-state index contributed by atoms with van der Waals surface area (Å²) in [5.74, 6) is -0.397. The molecule has 3 rings (SSSR count). The molecule has 140 valence electrons. The van der Waals surface area contributed by atoms with Crippen LogP contribution in [0.15, 0.2) is 53.7 Å². The van der Waals surface area contributed by atoms with Crippen molar-refractivity contribution in [1.29, 1.82) is 0 Å². The van der Waals surface area contributed by atoms with E-state index in [1.54, 1.807) is 26.0 Å². The maximum Gasteiger partial charge on any atom is 0.283 e. The molecule has 0 saturated carbocycles. The van der Waals surface area contributed by atoms with Gasteiger partial charge in [-0.05, 0) is 49.2 Å². The average Bonchev–Trinajstić information content (AvgIpc) is 3.14. The Hall–Kier alpha value is -3.13. The van der Waals surface area contributed by atoms with Crippen LogP contribution in [0.3, 0.4) is 0 Å². The summed E-state index contributed by atoms with van der Waals surface area (Å²) in [7, 11) is -2.50. The van der Waals surface area contributed by atoms with Gasteiger partial charge in [0, 0.05) is 0 Å². The maximum absolute atomic E-state index is 12.9. The number of aryl methyl sites for hydroxylation is 2. The topological polar surface area (TPSA) is 98.5 Å². The first-order valence-corrected chi connectivity index (χ1v) is 9.47. The number of phenolic OH excluding ortho intramolecular Hbond substituents is 1. The molecular formula is C19H18N2O5S. The molecule has 0 saturated heterocycles. The van der Waals surface area contributed by atoms with Crippen molar-refractivity contribution in [1.82, 2.24) is 9.19 Å². The van der Waals surface area contributed by atoms with Crippen LogP contribution in [-0.4, -0.2) is 35.6 Å². The number of aromatic nitrogens is 2. The zero-order valence-electron chi connectivity index (χ0n) is 15.0. The molecule has 3 aromatic rings. The van der Waals surface area contributed by atoms with Crippen LogP contribution >= 0.6 is 0 Å². The summed E-state index contributed by atoms with van der Waals surface area (Å²) in [5, 5.41) is 13.8. The highest BCUT2D eigenvalue weighted by atomic mass is 32.2. The van der Waals surface area contributed by atoms with Crippen LogP contribution in [0.4, 0.5) is 0 Å². The number of benzene rings is 2. The van der Waals surface area contributed by atoms with E-state index in [0.29, 0.717) is 11.3 Å². The quantitative estimate of drug-likeness (QED) is 0.677. The van der Waals surface area contributed by atoms with Crippen LogP contribution in [0.1, 0.15) is 27.0 Å². The molecule has 1 heterocycles. The summed E-state index contributed by atoms with van der Waals surface area (Å²) in [6.45, 7) is 3.48. The average molecular weight is 386 g/mol. The molecule has 8 heteroatoms. The molecule has 0 fully saturated rings. The number of hydrogen-bond donors (Lipinski definition) is 1. The van der Waals surface area contributed by atoms with Crippen molar-refractivity contribution in [3.05, 3.63) is 71.0 Å². The lowest BCUT2D eigenvalue weighted by molar-refractivity contribution is 0.103. The van der Waals surface area contributed by atoms with Crippen molar-refractivity contribution < 1.29 is 23.1 Å². The van der Waals surface area contributed by atoms with Gasteiger partial charge in [-0.2, -0.15) is 17.6 Å². The standard InChI is InChI=1S/C19H18N2O5S/c1-12-4-5-13(2)18(8-12)27(24,25)21-11-14(10-20-21)19(23)16-9-15(26-3)6-7-17(16)22/h4-11,22H,1-3H3. The summed E-state index contributed by atoms with van der Waals surface area (Å²) in [6, 6.07) is 9.32. The highest BCUT2D eigenvalue weighted by Crippen LogP contribution is 2.26. The van der Waals surface area contributed by atoms with Gasteiger partial charge in [-0.15, -0.1) is 0 Å². The van der Waals surface area contributed by atoms with Crippen LogP contribution in [0.2, 0.25) is 0 Å². The van der Waals surface area contributed by atoms with E-state index in [1.165, 1.54) is 25.3 Å². The van der Waals surface area contributed by atoms with Gasteiger partial charge in [-0.3, -0.25) is 4.79 Å². The Morgan fingerprint density at radius 2 is 1.89 bits per heavy atom. The number of phenols is 1. The number of carbonyl (C=O) groups is 1. The monoisotopic (exact) mass is 386 g/mol. The molecule has 0 aliphatic rings. The van der Waals surface area contributed by atoms with Crippen molar-refractivity contribution in [3.63, 3.8) is 0 Å². The lowest BCUT2D eigenvalue weighted by atomic mass is 10.1. The Kier molecular flexibility index (Phi) is 4.75. The Morgan fingerprint density at radius 3 is 2.59 bits per heavy atom. The van der Waals surface area contributed by atoms with Crippen LogP contribution in [0.25, 0.3) is 0 Å². The number of carbonyl (C=O) groups excluding carboxylic acids is 1. The molecule has 1 N–H and O–H groups in total. The van der Waals surface area contributed by atoms with E-state index < -0.39 is 15.8 Å². The van der Waals surface area contributed by atoms with Gasteiger partial charge in [0.1, 0.15) is 11.5 Å². The smallest absolute Gasteiger partial charge is 0.283 e. The zero-order valence-corrected chi connectivity index (χ0v) is 15.8. The van der Waals surface area contributed by atoms with Gasteiger partial charge in [0.25, 0.3) is 10.0 Å². The third kappa shape index (κ3) is 3.43. The molecule has 27 heavy (non-hydrogen) atoms. The van der Waals surface area contributed by atoms with Gasteiger partial charge in [0.2, 0.25) is 0 Å². The number of methoxy groups -OCH3 is 1. The molecule has 0 aliphatic carbocycles. The van der Waals surface area contributed by atoms with Gasteiger partial charge < -0.3 is 9.84 Å². The van der Waals surface area contributed by atoms with Gasteiger partial charge in [-0.1, -0.05) is 12.1 Å². The van der Waals surface area contributed by atoms with Crippen LogP contribution in [0.5, 0.6) is 11.5 Å². The minimum Gasteiger partial charge on any atom is -0.507 e. The van der Waals surface area contributed by atoms with Crippen LogP contribution in [0, 0.1) is 13.8 Å². The first kappa shape index (κ1) is 18.7. The third-order valence-corrected chi connectivity index (χ3v) is 5.83. The van der Waals surface area contributed by atoms with E-state index in [9.17, 15) is 18.3 Å². The van der Waals surface area contributed by atoms with E-state index in [-0.39, 0.29) is 21.8 Å². The molecule has 7 nitrogen and oxygen atoms in total. The fraction of sp³-hybridized carbons (Fsp3) is 0.158. The van der Waals surface area contributed by atoms with Crippen molar-refractivity contribution in [2.75, 3.05) is 7.11 Å². The predicted molar refractivity (Wildman–Crippen MR) is 98.8 cm³/mol. The minimum atomic E-state index is -3.94. The van der Waals surface area contributed by atoms with E-state index in [2.05, 4.69) is 5.10 Å². The maximum atomic E-state index is 12.9. The van der Waals surface area contributed by atoms with Gasteiger partial charge in [0.15, 0.2) is 5.78 Å². The summed E-state index contributed by atoms with van der Waals surface area (Å²) in [4.78, 5) is 12.8. The lowest BCUT2D eigenvalue weighted by Gasteiger charge is -2.08. The fourth-order valence-electron chi connectivity index (χ4n) is 2.62. The van der Waals surface area contributed by atoms with Crippen molar-refractivity contribution >= 4 is 15.8 Å². The number of nitrogens with zero attached hydrogens (tertiary/aromatic N) is 2. The normalized spacial score (nSPS) is 11.4. The molecule has 0 radical (unpaired) electrons. The first-order chi connectivity index (χ1) is 12.7. The molecule has 0 spiro atoms. The molecule has 0 unspecified atom stereocenters. The zero-order chi connectivity index (χ0) is 19.8. The third-order valence-electron chi connectivity index (χ3n) is 4.14. The highest BCUT2D eigenvalue weighted by Gasteiger charge is 2.23. The summed E-state index contributed by atoms with van der Waals surface area (Å²) >= 11 is 0. The van der Waals surface area contributed by atoms with E-state index >= 15 is 0 Å². The molecule has 0 aliphatic heterocycles. The second kappa shape index (κ2) is 6.88. The van der Waals surface area contributed by atoms with Gasteiger partial charge in [-0.25, -0.2) is 0 Å². The second-order valence-electron chi connectivity index (χ2n) is 6.09. The Balaban J connectivity index is 2.02. The summed E-state index contributed by atoms with van der Waals surface area (Å²) in [6.07, 6.45) is 2.29. The van der Waals surface area contributed by atoms with Crippen molar-refractivity contribution in [3.8, 4) is 11.5 Å². The largest absolute Gasteiger partial charge is 0.507 e. The second-order valence-corrected chi connectivity index (χ2v) is 7.85. The molecule has 2 aromatic carbocycles. The summed E-state index contributed by atoms with van der Waals surface area (Å²) in [5.41, 5.74) is 1.41. The number of rotatable bonds is 5. The molecule has 1 aromatic heterocycles. The SMILES string of the molecule is COc1ccc(O)c(C(=O)c2cnn(S(=O)(=O)c3cc(C)ccc3C)c2)c1.